The number of nitrogens with one attached hydrogen (secondary N) is 2. The topological polar surface area (TPSA) is 75.9 Å². The molecule has 4 N–H and O–H groups in total. The summed E-state index contributed by atoms with van der Waals surface area (Å²) in [6, 6.07) is 0. The number of rotatable bonds is 6. The minimum absolute atomic E-state index is 0.599. The molecule has 0 saturated carbocycles. The molecule has 5 nitrogen and oxygen atoms in total. The molecule has 1 heterocycles. The zero-order valence-electron chi connectivity index (χ0n) is 8.45. The maximum absolute atomic E-state index is 5.40. The molecule has 0 spiro atoms. The molecule has 1 aromatic rings. The van der Waals surface area contributed by atoms with Gasteiger partial charge < -0.3 is 16.4 Å². The average Bonchev–Trinajstić information content (AvgIpc) is 2.24. The Morgan fingerprint density at radius 1 is 1.36 bits per heavy atom. The lowest BCUT2D eigenvalue weighted by Gasteiger charge is -2.10. The summed E-state index contributed by atoms with van der Waals surface area (Å²) in [7, 11) is 0. The van der Waals surface area contributed by atoms with Gasteiger partial charge in [0.15, 0.2) is 5.82 Å². The van der Waals surface area contributed by atoms with Crippen molar-refractivity contribution >= 4 is 11.5 Å². The molecule has 78 valence electrons. The Morgan fingerprint density at radius 3 is 2.93 bits per heavy atom. The van der Waals surface area contributed by atoms with Gasteiger partial charge in [-0.05, 0) is 6.42 Å². The van der Waals surface area contributed by atoms with E-state index in [-0.39, 0.29) is 0 Å². The van der Waals surface area contributed by atoms with E-state index in [4.69, 9.17) is 5.73 Å². The van der Waals surface area contributed by atoms with E-state index in [0.29, 0.717) is 6.54 Å². The number of aromatic nitrogens is 2. The molecule has 1 aromatic heterocycles. The van der Waals surface area contributed by atoms with E-state index in [9.17, 15) is 0 Å². The Bertz CT molecular complexity index is 236. The molecular weight excluding hydrogens is 178 g/mol. The monoisotopic (exact) mass is 195 g/mol. The van der Waals surface area contributed by atoms with Gasteiger partial charge >= 0.3 is 0 Å². The number of hydrogen-bond acceptors (Lipinski definition) is 5. The molecule has 5 heteroatoms. The van der Waals surface area contributed by atoms with Gasteiger partial charge in [-0.2, -0.15) is 0 Å². The molecule has 14 heavy (non-hydrogen) atoms. The van der Waals surface area contributed by atoms with Gasteiger partial charge in [0.05, 0.1) is 11.9 Å². The van der Waals surface area contributed by atoms with E-state index >= 15 is 0 Å². The fraction of sp³-hybridized carbons (Fsp3) is 0.556. The lowest BCUT2D eigenvalue weighted by Crippen LogP contribution is -2.15. The van der Waals surface area contributed by atoms with Crippen molar-refractivity contribution in [2.75, 3.05) is 30.3 Å². The van der Waals surface area contributed by atoms with E-state index in [1.807, 2.05) is 0 Å². The van der Waals surface area contributed by atoms with Gasteiger partial charge in [-0.1, -0.05) is 6.92 Å². The van der Waals surface area contributed by atoms with Crippen LogP contribution in [-0.4, -0.2) is 29.6 Å². The van der Waals surface area contributed by atoms with E-state index in [0.717, 1.165) is 31.0 Å². The zero-order valence-corrected chi connectivity index (χ0v) is 8.45. The van der Waals surface area contributed by atoms with Gasteiger partial charge in [-0.15, -0.1) is 0 Å². The van der Waals surface area contributed by atoms with Gasteiger partial charge in [0.1, 0.15) is 6.33 Å². The first-order valence-corrected chi connectivity index (χ1v) is 4.86. The summed E-state index contributed by atoms with van der Waals surface area (Å²) in [5.41, 5.74) is 6.31. The summed E-state index contributed by atoms with van der Waals surface area (Å²) in [5.74, 6) is 0.843. The first-order chi connectivity index (χ1) is 6.88. The van der Waals surface area contributed by atoms with Crippen LogP contribution in [0.15, 0.2) is 12.5 Å². The molecule has 0 aliphatic rings. The molecule has 0 atom stereocenters. The number of nitrogens with zero attached hydrogens (tertiary/aromatic N) is 2. The van der Waals surface area contributed by atoms with Gasteiger partial charge in [0.2, 0.25) is 0 Å². The van der Waals surface area contributed by atoms with Crippen molar-refractivity contribution < 1.29 is 0 Å². The van der Waals surface area contributed by atoms with Gasteiger partial charge in [0.25, 0.3) is 0 Å². The highest BCUT2D eigenvalue weighted by Gasteiger charge is 2.00. The van der Waals surface area contributed by atoms with Crippen molar-refractivity contribution in [2.45, 2.75) is 13.3 Å². The quantitative estimate of drug-likeness (QED) is 0.622. The molecule has 0 bridgehead atoms. The predicted molar refractivity (Wildman–Crippen MR) is 58.4 cm³/mol. The Balaban J connectivity index is 2.60. The maximum Gasteiger partial charge on any atom is 0.152 e. The van der Waals surface area contributed by atoms with Crippen LogP contribution < -0.4 is 16.4 Å². The normalized spacial score (nSPS) is 9.86. The first-order valence-electron chi connectivity index (χ1n) is 4.86. The smallest absolute Gasteiger partial charge is 0.152 e. The van der Waals surface area contributed by atoms with Crippen LogP contribution in [0.3, 0.4) is 0 Å². The molecular formula is C9H17N5. The van der Waals surface area contributed by atoms with Gasteiger partial charge in [-0.25, -0.2) is 9.97 Å². The van der Waals surface area contributed by atoms with Crippen LogP contribution in [0.4, 0.5) is 11.5 Å². The number of nitrogens with two attached hydrogens (primary N) is 1. The molecule has 0 aliphatic heterocycles. The van der Waals surface area contributed by atoms with Crippen LogP contribution in [-0.2, 0) is 0 Å². The predicted octanol–water partition coefficient (Wildman–Crippen LogP) is 0.669. The molecule has 1 rings (SSSR count). The Kier molecular flexibility index (Phi) is 4.71. The minimum Gasteiger partial charge on any atom is -0.380 e. The van der Waals surface area contributed by atoms with Crippen LogP contribution >= 0.6 is 0 Å². The SMILES string of the molecule is CCCNc1ncncc1NCCN. The number of anilines is 2. The maximum atomic E-state index is 5.40. The van der Waals surface area contributed by atoms with Crippen LogP contribution in [0.25, 0.3) is 0 Å². The van der Waals surface area contributed by atoms with E-state index < -0.39 is 0 Å². The second-order valence-corrected chi connectivity index (χ2v) is 2.93. The lowest BCUT2D eigenvalue weighted by molar-refractivity contribution is 0.959. The third-order valence-corrected chi connectivity index (χ3v) is 1.71. The first kappa shape index (κ1) is 10.7. The summed E-state index contributed by atoms with van der Waals surface area (Å²) in [5, 5.41) is 6.38. The minimum atomic E-state index is 0.599. The highest BCUT2D eigenvalue weighted by Crippen LogP contribution is 2.15. The summed E-state index contributed by atoms with van der Waals surface area (Å²) in [6.07, 6.45) is 4.35. The van der Waals surface area contributed by atoms with Crippen molar-refractivity contribution in [1.82, 2.24) is 9.97 Å². The second-order valence-electron chi connectivity index (χ2n) is 2.93. The van der Waals surface area contributed by atoms with Gasteiger partial charge in [-0.3, -0.25) is 0 Å². The summed E-state index contributed by atoms with van der Waals surface area (Å²) in [4.78, 5) is 8.10. The van der Waals surface area contributed by atoms with Gasteiger partial charge in [0, 0.05) is 19.6 Å². The third-order valence-electron chi connectivity index (χ3n) is 1.71. The van der Waals surface area contributed by atoms with E-state index in [2.05, 4.69) is 27.5 Å². The van der Waals surface area contributed by atoms with Crippen molar-refractivity contribution in [2.24, 2.45) is 5.73 Å². The van der Waals surface area contributed by atoms with Crippen LogP contribution in [0.2, 0.25) is 0 Å². The molecule has 0 saturated heterocycles. The van der Waals surface area contributed by atoms with E-state index in [1.165, 1.54) is 6.33 Å². The molecule has 0 radical (unpaired) electrons. The van der Waals surface area contributed by atoms with E-state index in [1.54, 1.807) is 6.20 Å². The van der Waals surface area contributed by atoms with Crippen molar-refractivity contribution in [3.63, 3.8) is 0 Å². The highest BCUT2D eigenvalue weighted by molar-refractivity contribution is 5.62. The van der Waals surface area contributed by atoms with Crippen LogP contribution in [0.5, 0.6) is 0 Å². The molecule has 0 aliphatic carbocycles. The Morgan fingerprint density at radius 2 is 2.21 bits per heavy atom. The van der Waals surface area contributed by atoms with Crippen LogP contribution in [0.1, 0.15) is 13.3 Å². The third kappa shape index (κ3) is 3.18. The molecule has 0 amide bonds. The second kappa shape index (κ2) is 6.15. The zero-order chi connectivity index (χ0) is 10.2. The van der Waals surface area contributed by atoms with Crippen molar-refractivity contribution in [3.05, 3.63) is 12.5 Å². The summed E-state index contributed by atoms with van der Waals surface area (Å²) < 4.78 is 0. The summed E-state index contributed by atoms with van der Waals surface area (Å²) >= 11 is 0. The Labute approximate surface area is 84.1 Å². The van der Waals surface area contributed by atoms with Crippen molar-refractivity contribution in [1.29, 1.82) is 0 Å². The largest absolute Gasteiger partial charge is 0.380 e. The standard InChI is InChI=1S/C9H17N5/c1-2-4-13-9-8(12-5-3-10)6-11-7-14-9/h6-7,12H,2-5,10H2,1H3,(H,11,13,14). The lowest BCUT2D eigenvalue weighted by atomic mass is 10.4. The highest BCUT2D eigenvalue weighted by atomic mass is 15.1. The fourth-order valence-corrected chi connectivity index (χ4v) is 1.05. The Hall–Kier alpha value is -1.36. The van der Waals surface area contributed by atoms with Crippen LogP contribution in [0, 0.1) is 0 Å². The molecule has 0 aromatic carbocycles. The van der Waals surface area contributed by atoms with Crippen molar-refractivity contribution in [3.8, 4) is 0 Å². The fourth-order valence-electron chi connectivity index (χ4n) is 1.05. The summed E-state index contributed by atoms with van der Waals surface area (Å²) in [6.45, 7) is 4.35. The molecule has 0 fully saturated rings. The number of hydrogen-bond donors (Lipinski definition) is 3. The average molecular weight is 195 g/mol. The molecule has 0 unspecified atom stereocenters.